The SMILES string of the molecule is CCC(C)=C(C)CCc1ccc(S(=O)(=O)C2(C(=O)NO)CCN(C)CC2)cc1. The first-order valence-corrected chi connectivity index (χ1v) is 11.3. The summed E-state index contributed by atoms with van der Waals surface area (Å²) in [5.74, 6) is -0.847. The van der Waals surface area contributed by atoms with Gasteiger partial charge in [-0.05, 0) is 83.8 Å². The van der Waals surface area contributed by atoms with Gasteiger partial charge in [-0.2, -0.15) is 0 Å². The summed E-state index contributed by atoms with van der Waals surface area (Å²) in [4.78, 5) is 14.5. The molecule has 1 saturated heterocycles. The van der Waals surface area contributed by atoms with Crippen LogP contribution in [0.5, 0.6) is 0 Å². The topological polar surface area (TPSA) is 86.7 Å². The highest BCUT2D eigenvalue weighted by atomic mass is 32.2. The fourth-order valence-electron chi connectivity index (χ4n) is 3.61. The van der Waals surface area contributed by atoms with Gasteiger partial charge in [0.05, 0.1) is 4.90 Å². The molecule has 0 saturated carbocycles. The fraction of sp³-hybridized carbons (Fsp3) is 0.571. The molecule has 156 valence electrons. The lowest BCUT2D eigenvalue weighted by atomic mass is 9.95. The van der Waals surface area contributed by atoms with Crippen LogP contribution in [-0.2, 0) is 21.1 Å². The van der Waals surface area contributed by atoms with Crippen molar-refractivity contribution in [2.24, 2.45) is 0 Å². The molecule has 28 heavy (non-hydrogen) atoms. The average Bonchev–Trinajstić information content (AvgIpc) is 2.71. The molecular weight excluding hydrogens is 376 g/mol. The molecule has 0 aliphatic carbocycles. The summed E-state index contributed by atoms with van der Waals surface area (Å²) in [7, 11) is -2.04. The van der Waals surface area contributed by atoms with Crippen molar-refractivity contribution in [3.8, 4) is 0 Å². The number of nitrogens with zero attached hydrogens (tertiary/aromatic N) is 1. The van der Waals surface area contributed by atoms with E-state index in [-0.39, 0.29) is 17.7 Å². The van der Waals surface area contributed by atoms with Gasteiger partial charge in [-0.1, -0.05) is 30.2 Å². The van der Waals surface area contributed by atoms with E-state index in [4.69, 9.17) is 0 Å². The molecule has 0 spiro atoms. The minimum atomic E-state index is -3.93. The predicted molar refractivity (Wildman–Crippen MR) is 110 cm³/mol. The number of hydrogen-bond donors (Lipinski definition) is 2. The molecular formula is C21H32N2O4S. The Morgan fingerprint density at radius 2 is 1.71 bits per heavy atom. The van der Waals surface area contributed by atoms with Crippen LogP contribution in [0.3, 0.4) is 0 Å². The van der Waals surface area contributed by atoms with Crippen LogP contribution < -0.4 is 5.48 Å². The van der Waals surface area contributed by atoms with Crippen molar-refractivity contribution >= 4 is 15.7 Å². The third-order valence-corrected chi connectivity index (χ3v) is 8.62. The van der Waals surface area contributed by atoms with Crippen LogP contribution in [0, 0.1) is 0 Å². The highest BCUT2D eigenvalue weighted by Crippen LogP contribution is 2.35. The van der Waals surface area contributed by atoms with Gasteiger partial charge in [0.2, 0.25) is 0 Å². The lowest BCUT2D eigenvalue weighted by molar-refractivity contribution is -0.133. The standard InChI is InChI=1S/C21H32N2O4S/c1-5-16(2)17(3)6-7-18-8-10-19(11-9-18)28(26,27)21(20(24)22-25)12-14-23(4)15-13-21/h8-11,25H,5-7,12-15H2,1-4H3,(H,22,24). The van der Waals surface area contributed by atoms with Crippen molar-refractivity contribution in [1.29, 1.82) is 0 Å². The van der Waals surface area contributed by atoms with Crippen LogP contribution in [0.15, 0.2) is 40.3 Å². The van der Waals surface area contributed by atoms with Crippen LogP contribution in [0.2, 0.25) is 0 Å². The van der Waals surface area contributed by atoms with E-state index in [0.717, 1.165) is 24.8 Å². The lowest BCUT2D eigenvalue weighted by Crippen LogP contribution is -2.57. The van der Waals surface area contributed by atoms with E-state index in [0.29, 0.717) is 13.1 Å². The maximum Gasteiger partial charge on any atom is 0.265 e. The molecule has 1 fully saturated rings. The number of hydroxylamine groups is 1. The van der Waals surface area contributed by atoms with Crippen molar-refractivity contribution in [3.63, 3.8) is 0 Å². The molecule has 1 amide bonds. The van der Waals surface area contributed by atoms with E-state index in [9.17, 15) is 18.4 Å². The van der Waals surface area contributed by atoms with Crippen molar-refractivity contribution in [2.75, 3.05) is 20.1 Å². The number of nitrogens with one attached hydrogen (secondary N) is 1. The fourth-order valence-corrected chi connectivity index (χ4v) is 5.56. The van der Waals surface area contributed by atoms with Crippen molar-refractivity contribution < 1.29 is 18.4 Å². The third-order valence-electron chi connectivity index (χ3n) is 6.11. The first-order valence-electron chi connectivity index (χ1n) is 9.80. The van der Waals surface area contributed by atoms with E-state index in [1.807, 2.05) is 24.1 Å². The summed E-state index contributed by atoms with van der Waals surface area (Å²) in [6.07, 6.45) is 3.12. The second-order valence-corrected chi connectivity index (χ2v) is 10.1. The summed E-state index contributed by atoms with van der Waals surface area (Å²) in [5.41, 5.74) is 5.40. The van der Waals surface area contributed by atoms with Crippen LogP contribution >= 0.6 is 0 Å². The van der Waals surface area contributed by atoms with Crippen LogP contribution in [0.25, 0.3) is 0 Å². The Bertz CT molecular complexity index is 820. The lowest BCUT2D eigenvalue weighted by Gasteiger charge is -2.38. The normalized spacial score (nSPS) is 18.5. The largest absolute Gasteiger partial charge is 0.306 e. The van der Waals surface area contributed by atoms with E-state index in [2.05, 4.69) is 20.8 Å². The molecule has 7 heteroatoms. The molecule has 0 unspecified atom stereocenters. The van der Waals surface area contributed by atoms with Crippen LogP contribution in [-0.4, -0.2) is 49.3 Å². The number of hydrogen-bond acceptors (Lipinski definition) is 5. The molecule has 1 aromatic carbocycles. The number of aryl methyl sites for hydroxylation is 1. The highest BCUT2D eigenvalue weighted by molar-refractivity contribution is 7.93. The van der Waals surface area contributed by atoms with E-state index in [1.165, 1.54) is 11.1 Å². The Morgan fingerprint density at radius 1 is 1.14 bits per heavy atom. The molecule has 2 N–H and O–H groups in total. The van der Waals surface area contributed by atoms with Crippen molar-refractivity contribution in [1.82, 2.24) is 10.4 Å². The van der Waals surface area contributed by atoms with Crippen molar-refractivity contribution in [2.45, 2.75) is 62.5 Å². The summed E-state index contributed by atoms with van der Waals surface area (Å²) in [6, 6.07) is 6.81. The second-order valence-electron chi connectivity index (χ2n) is 7.80. The van der Waals surface area contributed by atoms with E-state index < -0.39 is 20.5 Å². The number of carbonyl (C=O) groups is 1. The summed E-state index contributed by atoms with van der Waals surface area (Å²) in [6.45, 7) is 7.37. The number of likely N-dealkylation sites (tertiary alicyclic amines) is 1. The smallest absolute Gasteiger partial charge is 0.265 e. The second kappa shape index (κ2) is 9.20. The van der Waals surface area contributed by atoms with Gasteiger partial charge in [0.1, 0.15) is 0 Å². The van der Waals surface area contributed by atoms with Gasteiger partial charge < -0.3 is 4.90 Å². The number of carbonyl (C=O) groups excluding carboxylic acids is 1. The predicted octanol–water partition coefficient (Wildman–Crippen LogP) is 3.11. The Balaban J connectivity index is 2.26. The molecule has 1 aliphatic heterocycles. The Hall–Kier alpha value is -1.70. The number of allylic oxidation sites excluding steroid dienone is 2. The Labute approximate surface area is 168 Å². The summed E-state index contributed by atoms with van der Waals surface area (Å²) >= 11 is 0. The zero-order chi connectivity index (χ0) is 20.9. The molecule has 6 nitrogen and oxygen atoms in total. The van der Waals surface area contributed by atoms with Crippen molar-refractivity contribution in [3.05, 3.63) is 41.0 Å². The number of piperidine rings is 1. The number of sulfone groups is 1. The van der Waals surface area contributed by atoms with Crippen LogP contribution in [0.1, 0.15) is 52.0 Å². The Kier molecular flexibility index (Phi) is 7.42. The molecule has 0 aromatic heterocycles. The van der Waals surface area contributed by atoms with E-state index in [1.54, 1.807) is 17.6 Å². The monoisotopic (exact) mass is 408 g/mol. The molecule has 1 heterocycles. The Morgan fingerprint density at radius 3 is 2.21 bits per heavy atom. The maximum absolute atomic E-state index is 13.3. The molecule has 2 rings (SSSR count). The minimum Gasteiger partial charge on any atom is -0.306 e. The third kappa shape index (κ3) is 4.47. The van der Waals surface area contributed by atoms with Gasteiger partial charge in [-0.15, -0.1) is 0 Å². The molecule has 0 radical (unpaired) electrons. The maximum atomic E-state index is 13.3. The zero-order valence-corrected chi connectivity index (χ0v) is 18.1. The average molecular weight is 409 g/mol. The summed E-state index contributed by atoms with van der Waals surface area (Å²) in [5, 5.41) is 9.18. The van der Waals surface area contributed by atoms with E-state index >= 15 is 0 Å². The number of benzene rings is 1. The molecule has 0 bridgehead atoms. The first-order chi connectivity index (χ1) is 13.2. The zero-order valence-electron chi connectivity index (χ0n) is 17.3. The van der Waals surface area contributed by atoms with Gasteiger partial charge in [-0.25, -0.2) is 13.9 Å². The van der Waals surface area contributed by atoms with Gasteiger partial charge >= 0.3 is 0 Å². The quantitative estimate of drug-likeness (QED) is 0.411. The van der Waals surface area contributed by atoms with Gasteiger partial charge in [0, 0.05) is 0 Å². The van der Waals surface area contributed by atoms with Gasteiger partial charge in [0.25, 0.3) is 5.91 Å². The first kappa shape index (κ1) is 22.6. The van der Waals surface area contributed by atoms with Crippen LogP contribution in [0.4, 0.5) is 0 Å². The number of amides is 1. The highest BCUT2D eigenvalue weighted by Gasteiger charge is 2.52. The van der Waals surface area contributed by atoms with Gasteiger partial charge in [0.15, 0.2) is 14.6 Å². The molecule has 1 aliphatic rings. The van der Waals surface area contributed by atoms with Gasteiger partial charge in [-0.3, -0.25) is 10.0 Å². The molecule has 0 atom stereocenters. The number of rotatable bonds is 7. The summed E-state index contributed by atoms with van der Waals surface area (Å²) < 4.78 is 25.0. The molecule has 1 aromatic rings. The minimum absolute atomic E-state index is 0.126.